The summed E-state index contributed by atoms with van der Waals surface area (Å²) in [5.41, 5.74) is 0. The second-order valence-electron chi connectivity index (χ2n) is 4.31. The average molecular weight is 276 g/mol. The van der Waals surface area contributed by atoms with Crippen LogP contribution in [-0.4, -0.2) is 37.6 Å². The predicted molar refractivity (Wildman–Crippen MR) is 75.6 cm³/mol. The molecular weight excluding hydrogens is 256 g/mol. The Hall–Kier alpha value is -2.22. The van der Waals surface area contributed by atoms with Gasteiger partial charge in [0.1, 0.15) is 0 Å². The Morgan fingerprint density at radius 3 is 2.55 bits per heavy atom. The van der Waals surface area contributed by atoms with E-state index in [4.69, 9.17) is 14.7 Å². The van der Waals surface area contributed by atoms with Crippen LogP contribution in [0.3, 0.4) is 0 Å². The topological polar surface area (TPSA) is 62.6 Å². The van der Waals surface area contributed by atoms with Crippen molar-refractivity contribution in [2.45, 2.75) is 19.8 Å². The van der Waals surface area contributed by atoms with Crippen LogP contribution in [0, 0.1) is 11.3 Å². The van der Waals surface area contributed by atoms with E-state index in [-0.39, 0.29) is 12.5 Å². The standard InChI is InChI=1S/C15H20N2O3/c1-3-11-19-13-7-4-5-8-14(13)20-12-15(18)17(2)10-6-9-16/h4-5,7-8H,3,6,10-12H2,1-2H3. The maximum absolute atomic E-state index is 11.8. The van der Waals surface area contributed by atoms with Crippen LogP contribution in [0.25, 0.3) is 0 Å². The maximum atomic E-state index is 11.8. The summed E-state index contributed by atoms with van der Waals surface area (Å²) < 4.78 is 11.0. The molecular formula is C15H20N2O3. The van der Waals surface area contributed by atoms with Gasteiger partial charge in [-0.3, -0.25) is 4.79 Å². The van der Waals surface area contributed by atoms with Crippen LogP contribution in [0.5, 0.6) is 11.5 Å². The lowest BCUT2D eigenvalue weighted by atomic mass is 10.3. The van der Waals surface area contributed by atoms with Crippen LogP contribution in [-0.2, 0) is 4.79 Å². The average Bonchev–Trinajstić information content (AvgIpc) is 2.48. The highest BCUT2D eigenvalue weighted by Crippen LogP contribution is 2.26. The molecule has 5 nitrogen and oxygen atoms in total. The highest BCUT2D eigenvalue weighted by molar-refractivity contribution is 5.77. The minimum atomic E-state index is -0.162. The van der Waals surface area contributed by atoms with E-state index in [1.165, 1.54) is 4.90 Å². The largest absolute Gasteiger partial charge is 0.490 e. The summed E-state index contributed by atoms with van der Waals surface area (Å²) in [4.78, 5) is 13.3. The van der Waals surface area contributed by atoms with Crippen molar-refractivity contribution in [2.24, 2.45) is 0 Å². The van der Waals surface area contributed by atoms with E-state index < -0.39 is 0 Å². The third kappa shape index (κ3) is 5.19. The Morgan fingerprint density at radius 1 is 1.30 bits per heavy atom. The van der Waals surface area contributed by atoms with E-state index in [9.17, 15) is 4.79 Å². The molecule has 0 radical (unpaired) electrons. The van der Waals surface area contributed by atoms with Gasteiger partial charge < -0.3 is 14.4 Å². The summed E-state index contributed by atoms with van der Waals surface area (Å²) in [7, 11) is 1.66. The van der Waals surface area contributed by atoms with E-state index in [1.54, 1.807) is 13.1 Å². The molecule has 0 fully saturated rings. The summed E-state index contributed by atoms with van der Waals surface area (Å²) in [6.45, 7) is 2.98. The van der Waals surface area contributed by atoms with Gasteiger partial charge in [-0.1, -0.05) is 19.1 Å². The SMILES string of the molecule is CCCOc1ccccc1OCC(=O)N(C)CCC#N. The second kappa shape index (κ2) is 8.81. The number of para-hydroxylation sites is 2. The number of nitriles is 1. The van der Waals surface area contributed by atoms with Gasteiger partial charge in [-0.05, 0) is 18.6 Å². The predicted octanol–water partition coefficient (Wildman–Crippen LogP) is 2.23. The zero-order valence-electron chi connectivity index (χ0n) is 12.0. The monoisotopic (exact) mass is 276 g/mol. The van der Waals surface area contributed by atoms with Gasteiger partial charge >= 0.3 is 0 Å². The van der Waals surface area contributed by atoms with Gasteiger partial charge in [0.15, 0.2) is 18.1 Å². The first-order valence-corrected chi connectivity index (χ1v) is 6.64. The molecule has 0 aliphatic heterocycles. The van der Waals surface area contributed by atoms with Crippen molar-refractivity contribution in [3.05, 3.63) is 24.3 Å². The van der Waals surface area contributed by atoms with Crippen molar-refractivity contribution in [3.8, 4) is 17.6 Å². The zero-order valence-corrected chi connectivity index (χ0v) is 12.0. The molecule has 5 heteroatoms. The Bertz CT molecular complexity index is 468. The van der Waals surface area contributed by atoms with Crippen molar-refractivity contribution in [1.29, 1.82) is 5.26 Å². The number of likely N-dealkylation sites (N-methyl/N-ethyl adjacent to an activating group) is 1. The second-order valence-corrected chi connectivity index (χ2v) is 4.31. The number of carbonyl (C=O) groups excluding carboxylic acids is 1. The number of ether oxygens (including phenoxy) is 2. The molecule has 1 amide bonds. The van der Waals surface area contributed by atoms with Gasteiger partial charge in [0, 0.05) is 13.6 Å². The first-order chi connectivity index (χ1) is 9.69. The van der Waals surface area contributed by atoms with Gasteiger partial charge in [-0.2, -0.15) is 5.26 Å². The smallest absolute Gasteiger partial charge is 0.260 e. The fourth-order valence-corrected chi connectivity index (χ4v) is 1.49. The van der Waals surface area contributed by atoms with Gasteiger partial charge in [0.05, 0.1) is 19.1 Å². The summed E-state index contributed by atoms with van der Waals surface area (Å²) in [5.74, 6) is 1.04. The highest BCUT2D eigenvalue weighted by Gasteiger charge is 2.11. The summed E-state index contributed by atoms with van der Waals surface area (Å²) >= 11 is 0. The molecule has 0 heterocycles. The fraction of sp³-hybridized carbons (Fsp3) is 0.467. The molecule has 0 aliphatic carbocycles. The molecule has 0 aliphatic rings. The van der Waals surface area contributed by atoms with E-state index >= 15 is 0 Å². The fourth-order valence-electron chi connectivity index (χ4n) is 1.49. The minimum Gasteiger partial charge on any atom is -0.490 e. The quantitative estimate of drug-likeness (QED) is 0.730. The molecule has 0 saturated heterocycles. The maximum Gasteiger partial charge on any atom is 0.260 e. The van der Waals surface area contributed by atoms with Crippen LogP contribution >= 0.6 is 0 Å². The Kier molecular flexibility index (Phi) is 6.97. The van der Waals surface area contributed by atoms with Gasteiger partial charge in [-0.25, -0.2) is 0 Å². The lowest BCUT2D eigenvalue weighted by molar-refractivity contribution is -0.132. The number of carbonyl (C=O) groups is 1. The molecule has 0 saturated carbocycles. The van der Waals surface area contributed by atoms with Crippen LogP contribution in [0.4, 0.5) is 0 Å². The first-order valence-electron chi connectivity index (χ1n) is 6.64. The normalized spacial score (nSPS) is 9.65. The number of benzene rings is 1. The number of hydrogen-bond acceptors (Lipinski definition) is 4. The molecule has 1 rings (SSSR count). The molecule has 0 atom stereocenters. The van der Waals surface area contributed by atoms with E-state index in [0.717, 1.165) is 6.42 Å². The third-order valence-electron chi connectivity index (χ3n) is 2.65. The molecule has 1 aromatic rings. The first kappa shape index (κ1) is 15.8. The Morgan fingerprint density at radius 2 is 1.95 bits per heavy atom. The van der Waals surface area contributed by atoms with Crippen molar-refractivity contribution in [1.82, 2.24) is 4.90 Å². The summed E-state index contributed by atoms with van der Waals surface area (Å²) in [6, 6.07) is 9.28. The van der Waals surface area contributed by atoms with Gasteiger partial charge in [-0.15, -0.1) is 0 Å². The molecule has 0 aromatic heterocycles. The molecule has 108 valence electrons. The van der Waals surface area contributed by atoms with Crippen molar-refractivity contribution >= 4 is 5.91 Å². The summed E-state index contributed by atoms with van der Waals surface area (Å²) in [6.07, 6.45) is 1.22. The molecule has 0 unspecified atom stereocenters. The van der Waals surface area contributed by atoms with Crippen LogP contribution in [0.1, 0.15) is 19.8 Å². The van der Waals surface area contributed by atoms with Crippen molar-refractivity contribution in [2.75, 3.05) is 26.8 Å². The van der Waals surface area contributed by atoms with Gasteiger partial charge in [0.2, 0.25) is 0 Å². The number of amides is 1. The molecule has 0 spiro atoms. The molecule has 1 aromatic carbocycles. The Labute approximate surface area is 119 Å². The van der Waals surface area contributed by atoms with E-state index in [1.807, 2.05) is 31.2 Å². The van der Waals surface area contributed by atoms with Crippen LogP contribution in [0.15, 0.2) is 24.3 Å². The molecule has 0 N–H and O–H groups in total. The van der Waals surface area contributed by atoms with E-state index in [2.05, 4.69) is 0 Å². The highest BCUT2D eigenvalue weighted by atomic mass is 16.5. The Balaban J connectivity index is 2.52. The zero-order chi connectivity index (χ0) is 14.8. The van der Waals surface area contributed by atoms with Crippen LogP contribution in [0.2, 0.25) is 0 Å². The lowest BCUT2D eigenvalue weighted by Gasteiger charge is -2.17. The van der Waals surface area contributed by atoms with E-state index in [0.29, 0.717) is 31.1 Å². The third-order valence-corrected chi connectivity index (χ3v) is 2.65. The van der Waals surface area contributed by atoms with Crippen molar-refractivity contribution < 1.29 is 14.3 Å². The number of nitrogens with zero attached hydrogens (tertiary/aromatic N) is 2. The lowest BCUT2D eigenvalue weighted by Crippen LogP contribution is -2.32. The number of hydrogen-bond donors (Lipinski definition) is 0. The molecule has 0 bridgehead atoms. The minimum absolute atomic E-state index is 0.0611. The summed E-state index contributed by atoms with van der Waals surface area (Å²) in [5, 5.41) is 8.49. The number of rotatable bonds is 8. The van der Waals surface area contributed by atoms with Crippen LogP contribution < -0.4 is 9.47 Å². The molecule has 20 heavy (non-hydrogen) atoms. The van der Waals surface area contributed by atoms with Gasteiger partial charge in [0.25, 0.3) is 5.91 Å². The van der Waals surface area contributed by atoms with Crippen molar-refractivity contribution in [3.63, 3.8) is 0 Å².